The Labute approximate surface area is 164 Å². The van der Waals surface area contributed by atoms with Crippen LogP contribution < -0.4 is 0 Å². The zero-order valence-electron chi connectivity index (χ0n) is 15.8. The maximum atomic E-state index is 6.00. The number of oxazole rings is 1. The van der Waals surface area contributed by atoms with Gasteiger partial charge in [0.2, 0.25) is 0 Å². The number of nitrogens with zero attached hydrogens (tertiary/aromatic N) is 3. The van der Waals surface area contributed by atoms with E-state index in [0.29, 0.717) is 5.92 Å². The SMILES string of the molecule is c1ccc2oc(C3CCN(Cc4cc(CN5CCCC5)cs4)CC3)nc2c1. The molecule has 1 aromatic carbocycles. The lowest BCUT2D eigenvalue weighted by Crippen LogP contribution is -2.32. The van der Waals surface area contributed by atoms with Gasteiger partial charge in [-0.2, -0.15) is 0 Å². The van der Waals surface area contributed by atoms with Crippen molar-refractivity contribution < 1.29 is 4.42 Å². The average molecular weight is 382 g/mol. The van der Waals surface area contributed by atoms with E-state index in [2.05, 4.69) is 21.2 Å². The predicted octanol–water partition coefficient (Wildman–Crippen LogP) is 4.86. The maximum absolute atomic E-state index is 6.00. The van der Waals surface area contributed by atoms with Crippen LogP contribution in [0.25, 0.3) is 11.1 Å². The number of aromatic nitrogens is 1. The lowest BCUT2D eigenvalue weighted by atomic mass is 9.97. The molecule has 2 aliphatic rings. The molecule has 5 rings (SSSR count). The van der Waals surface area contributed by atoms with E-state index in [9.17, 15) is 0 Å². The van der Waals surface area contributed by atoms with Crippen molar-refractivity contribution >= 4 is 22.4 Å². The summed E-state index contributed by atoms with van der Waals surface area (Å²) in [5.74, 6) is 1.39. The molecule has 4 nitrogen and oxygen atoms in total. The molecule has 5 heteroatoms. The van der Waals surface area contributed by atoms with Crippen LogP contribution >= 0.6 is 11.3 Å². The second-order valence-corrected chi connectivity index (χ2v) is 8.97. The fraction of sp³-hybridized carbons (Fsp3) is 0.500. The maximum Gasteiger partial charge on any atom is 0.198 e. The fourth-order valence-corrected chi connectivity index (χ4v) is 5.34. The van der Waals surface area contributed by atoms with E-state index in [-0.39, 0.29) is 0 Å². The van der Waals surface area contributed by atoms with Crippen LogP contribution in [0, 0.1) is 0 Å². The van der Waals surface area contributed by atoms with Crippen molar-refractivity contribution in [3.05, 3.63) is 52.0 Å². The van der Waals surface area contributed by atoms with Crippen LogP contribution in [-0.2, 0) is 13.1 Å². The minimum absolute atomic E-state index is 0.461. The third kappa shape index (κ3) is 3.96. The number of piperidine rings is 1. The van der Waals surface area contributed by atoms with Gasteiger partial charge in [-0.15, -0.1) is 11.3 Å². The number of fused-ring (bicyclic) bond motifs is 1. The van der Waals surface area contributed by atoms with E-state index in [1.54, 1.807) is 0 Å². The zero-order chi connectivity index (χ0) is 18.1. The van der Waals surface area contributed by atoms with E-state index in [1.807, 2.05) is 35.6 Å². The van der Waals surface area contributed by atoms with Gasteiger partial charge in [0, 0.05) is 23.9 Å². The van der Waals surface area contributed by atoms with Gasteiger partial charge in [-0.1, -0.05) is 12.1 Å². The Hall–Kier alpha value is -1.69. The van der Waals surface area contributed by atoms with Crippen molar-refractivity contribution in [2.75, 3.05) is 26.2 Å². The number of benzene rings is 1. The standard InChI is InChI=1S/C22H27N3OS/c1-2-6-21-20(5-1)23-22(26-21)18-7-11-25(12-8-18)15-19-13-17(16-27-19)14-24-9-3-4-10-24/h1-2,5-6,13,16,18H,3-4,7-12,14-15H2. The molecule has 2 saturated heterocycles. The summed E-state index contributed by atoms with van der Waals surface area (Å²) in [6.45, 7) is 7.02. The predicted molar refractivity (Wildman–Crippen MR) is 110 cm³/mol. The molecular weight excluding hydrogens is 354 g/mol. The largest absolute Gasteiger partial charge is 0.440 e. The molecule has 142 valence electrons. The lowest BCUT2D eigenvalue weighted by Gasteiger charge is -2.30. The highest BCUT2D eigenvalue weighted by Gasteiger charge is 2.25. The number of rotatable bonds is 5. The topological polar surface area (TPSA) is 32.5 Å². The van der Waals surface area contributed by atoms with Crippen LogP contribution in [0.1, 0.15) is 47.9 Å². The summed E-state index contributed by atoms with van der Waals surface area (Å²) < 4.78 is 6.00. The smallest absolute Gasteiger partial charge is 0.198 e. The summed E-state index contributed by atoms with van der Waals surface area (Å²) in [4.78, 5) is 11.4. The average Bonchev–Trinajstić information content (AvgIpc) is 3.43. The summed E-state index contributed by atoms with van der Waals surface area (Å²) in [5.41, 5.74) is 3.40. The molecule has 2 aliphatic heterocycles. The molecule has 0 aliphatic carbocycles. The van der Waals surface area contributed by atoms with E-state index < -0.39 is 0 Å². The van der Waals surface area contributed by atoms with Crippen molar-refractivity contribution in [3.63, 3.8) is 0 Å². The molecule has 0 amide bonds. The Kier molecular flexibility index (Phi) is 4.99. The molecule has 0 spiro atoms. The highest BCUT2D eigenvalue weighted by atomic mass is 32.1. The molecule has 27 heavy (non-hydrogen) atoms. The molecule has 0 N–H and O–H groups in total. The van der Waals surface area contributed by atoms with Crippen molar-refractivity contribution in [1.29, 1.82) is 0 Å². The first kappa shape index (κ1) is 17.4. The van der Waals surface area contributed by atoms with Gasteiger partial charge >= 0.3 is 0 Å². The van der Waals surface area contributed by atoms with Gasteiger partial charge in [0.1, 0.15) is 5.52 Å². The summed E-state index contributed by atoms with van der Waals surface area (Å²) in [7, 11) is 0. The molecule has 0 radical (unpaired) electrons. The third-order valence-electron chi connectivity index (χ3n) is 5.94. The molecule has 0 bridgehead atoms. The number of para-hydroxylation sites is 2. The second-order valence-electron chi connectivity index (χ2n) is 7.97. The van der Waals surface area contributed by atoms with Gasteiger partial charge in [0.05, 0.1) is 0 Å². The molecule has 0 saturated carbocycles. The monoisotopic (exact) mass is 381 g/mol. The van der Waals surface area contributed by atoms with Crippen LogP contribution in [0.3, 0.4) is 0 Å². The second kappa shape index (κ2) is 7.74. The highest BCUT2D eigenvalue weighted by Crippen LogP contribution is 2.31. The lowest BCUT2D eigenvalue weighted by molar-refractivity contribution is 0.195. The van der Waals surface area contributed by atoms with E-state index >= 15 is 0 Å². The van der Waals surface area contributed by atoms with Crippen molar-refractivity contribution in [3.8, 4) is 0 Å². The van der Waals surface area contributed by atoms with Gasteiger partial charge in [0.15, 0.2) is 11.5 Å². The quantitative estimate of drug-likeness (QED) is 0.631. The van der Waals surface area contributed by atoms with Crippen molar-refractivity contribution in [2.24, 2.45) is 0 Å². The van der Waals surface area contributed by atoms with Crippen molar-refractivity contribution in [1.82, 2.24) is 14.8 Å². The molecule has 0 atom stereocenters. The number of hydrogen-bond donors (Lipinski definition) is 0. The number of hydrogen-bond acceptors (Lipinski definition) is 5. The van der Waals surface area contributed by atoms with Crippen molar-refractivity contribution in [2.45, 2.75) is 44.7 Å². The summed E-state index contributed by atoms with van der Waals surface area (Å²) in [5, 5.41) is 2.36. The van der Waals surface area contributed by atoms with E-state index in [4.69, 9.17) is 9.40 Å². The molecule has 4 heterocycles. The van der Waals surface area contributed by atoms with Gasteiger partial charge in [-0.05, 0) is 81.0 Å². The fourth-order valence-electron chi connectivity index (χ4n) is 4.41. The minimum atomic E-state index is 0.461. The number of thiophene rings is 1. The Balaban J connectivity index is 1.15. The van der Waals surface area contributed by atoms with Crippen LogP contribution in [0.15, 0.2) is 40.1 Å². The van der Waals surface area contributed by atoms with Crippen LogP contribution in [0.4, 0.5) is 0 Å². The summed E-state index contributed by atoms with van der Waals surface area (Å²) >= 11 is 1.93. The molecule has 2 fully saturated rings. The van der Waals surface area contributed by atoms with Gasteiger partial charge < -0.3 is 4.42 Å². The van der Waals surface area contributed by atoms with Crippen LogP contribution in [0.2, 0.25) is 0 Å². The van der Waals surface area contributed by atoms with Gasteiger partial charge in [-0.25, -0.2) is 4.98 Å². The zero-order valence-corrected chi connectivity index (χ0v) is 16.6. The first-order chi connectivity index (χ1) is 13.3. The Morgan fingerprint density at radius 3 is 2.59 bits per heavy atom. The minimum Gasteiger partial charge on any atom is -0.440 e. The third-order valence-corrected chi connectivity index (χ3v) is 6.91. The summed E-state index contributed by atoms with van der Waals surface area (Å²) in [6, 6.07) is 10.5. The number of likely N-dealkylation sites (tertiary alicyclic amines) is 2. The molecule has 3 aromatic rings. The normalized spacial score (nSPS) is 20.0. The Morgan fingerprint density at radius 1 is 1.00 bits per heavy atom. The Morgan fingerprint density at radius 2 is 1.78 bits per heavy atom. The Bertz CT molecular complexity index is 855. The van der Waals surface area contributed by atoms with Crippen LogP contribution in [-0.4, -0.2) is 41.0 Å². The van der Waals surface area contributed by atoms with Gasteiger partial charge in [-0.3, -0.25) is 9.80 Å². The van der Waals surface area contributed by atoms with Gasteiger partial charge in [0.25, 0.3) is 0 Å². The van der Waals surface area contributed by atoms with Crippen LogP contribution in [0.5, 0.6) is 0 Å². The van der Waals surface area contributed by atoms with E-state index in [0.717, 1.165) is 56.0 Å². The molecular formula is C22H27N3OS. The molecule has 0 unspecified atom stereocenters. The highest BCUT2D eigenvalue weighted by molar-refractivity contribution is 7.10. The summed E-state index contributed by atoms with van der Waals surface area (Å²) in [6.07, 6.45) is 5.01. The first-order valence-electron chi connectivity index (χ1n) is 10.2. The van der Waals surface area contributed by atoms with E-state index in [1.165, 1.54) is 36.4 Å². The first-order valence-corrected chi connectivity index (χ1v) is 11.1. The molecule has 2 aromatic heterocycles.